The molecular weight excluding hydrogens is 326 g/mol. The number of rotatable bonds is 4. The Morgan fingerprint density at radius 2 is 2.11 bits per heavy atom. The maximum atomic E-state index is 10.2. The molecule has 0 spiro atoms. The van der Waals surface area contributed by atoms with Crippen LogP contribution in [0, 0.1) is 0 Å². The van der Waals surface area contributed by atoms with Crippen LogP contribution in [0.5, 0.6) is 0 Å². The van der Waals surface area contributed by atoms with Crippen molar-refractivity contribution in [3.8, 4) is 0 Å². The van der Waals surface area contributed by atoms with E-state index in [-0.39, 0.29) is 0 Å². The van der Waals surface area contributed by atoms with Crippen LogP contribution < -0.4 is 0 Å². The maximum absolute atomic E-state index is 10.2. The molecule has 100 valence electrons. The highest BCUT2D eigenvalue weighted by molar-refractivity contribution is 9.10. The monoisotopic (exact) mass is 339 g/mol. The summed E-state index contributed by atoms with van der Waals surface area (Å²) in [4.78, 5) is 4.36. The van der Waals surface area contributed by atoms with Crippen molar-refractivity contribution < 1.29 is 5.11 Å². The Labute approximate surface area is 126 Å². The SMILES string of the molecule is CCc1ccc(CC(O)c2ccc(Cl)c(Br)c2)nc1. The molecule has 4 heteroatoms. The summed E-state index contributed by atoms with van der Waals surface area (Å²) in [5, 5.41) is 10.9. The Hall–Kier alpha value is -0.900. The zero-order chi connectivity index (χ0) is 13.8. The predicted octanol–water partition coefficient (Wildman–Crippen LogP) is 4.34. The van der Waals surface area contributed by atoms with Crippen LogP contribution in [0.3, 0.4) is 0 Å². The molecule has 0 aliphatic rings. The molecule has 0 radical (unpaired) electrons. The maximum Gasteiger partial charge on any atom is 0.0845 e. The summed E-state index contributed by atoms with van der Waals surface area (Å²) in [6, 6.07) is 9.46. The van der Waals surface area contributed by atoms with Crippen molar-refractivity contribution in [2.75, 3.05) is 0 Å². The van der Waals surface area contributed by atoms with Crippen LogP contribution in [0.25, 0.3) is 0 Å². The van der Waals surface area contributed by atoms with Crippen LogP contribution >= 0.6 is 27.5 Å². The number of pyridine rings is 1. The lowest BCUT2D eigenvalue weighted by Gasteiger charge is -2.11. The summed E-state index contributed by atoms with van der Waals surface area (Å²) in [5.74, 6) is 0. The molecular formula is C15H15BrClNO. The number of halogens is 2. The fraction of sp³-hybridized carbons (Fsp3) is 0.267. The summed E-state index contributed by atoms with van der Waals surface area (Å²) in [7, 11) is 0. The number of aromatic nitrogens is 1. The van der Waals surface area contributed by atoms with E-state index in [4.69, 9.17) is 11.6 Å². The lowest BCUT2D eigenvalue weighted by Crippen LogP contribution is -2.03. The van der Waals surface area contributed by atoms with Crippen LogP contribution in [0.15, 0.2) is 41.0 Å². The zero-order valence-electron chi connectivity index (χ0n) is 10.6. The van der Waals surface area contributed by atoms with E-state index in [0.717, 1.165) is 22.2 Å². The van der Waals surface area contributed by atoms with Gasteiger partial charge in [-0.05, 0) is 51.7 Å². The standard InChI is InChI=1S/C15H15BrClNO/c1-2-10-3-5-12(18-9-10)8-15(19)11-4-6-14(17)13(16)7-11/h3-7,9,15,19H,2,8H2,1H3. The van der Waals surface area contributed by atoms with Crippen molar-refractivity contribution in [1.29, 1.82) is 0 Å². The summed E-state index contributed by atoms with van der Waals surface area (Å²) in [5.41, 5.74) is 2.92. The van der Waals surface area contributed by atoms with E-state index >= 15 is 0 Å². The van der Waals surface area contributed by atoms with Gasteiger partial charge in [-0.3, -0.25) is 4.98 Å². The molecule has 1 heterocycles. The lowest BCUT2D eigenvalue weighted by atomic mass is 10.0. The second kappa shape index (κ2) is 6.51. The van der Waals surface area contributed by atoms with E-state index in [1.165, 1.54) is 5.56 Å². The van der Waals surface area contributed by atoms with Gasteiger partial charge in [0, 0.05) is 22.8 Å². The van der Waals surface area contributed by atoms with Gasteiger partial charge in [-0.1, -0.05) is 30.7 Å². The fourth-order valence-electron chi connectivity index (χ4n) is 1.82. The van der Waals surface area contributed by atoms with Gasteiger partial charge < -0.3 is 5.11 Å². The van der Waals surface area contributed by atoms with E-state index in [1.807, 2.05) is 30.5 Å². The molecule has 0 aliphatic carbocycles. The van der Waals surface area contributed by atoms with Gasteiger partial charge in [-0.2, -0.15) is 0 Å². The second-order valence-corrected chi connectivity index (χ2v) is 5.67. The molecule has 0 saturated carbocycles. The highest BCUT2D eigenvalue weighted by Crippen LogP contribution is 2.27. The van der Waals surface area contributed by atoms with Gasteiger partial charge in [0.15, 0.2) is 0 Å². The van der Waals surface area contributed by atoms with Crippen molar-refractivity contribution >= 4 is 27.5 Å². The molecule has 2 rings (SSSR count). The second-order valence-electron chi connectivity index (χ2n) is 4.40. The van der Waals surface area contributed by atoms with E-state index in [0.29, 0.717) is 11.4 Å². The minimum absolute atomic E-state index is 0.498. The summed E-state index contributed by atoms with van der Waals surface area (Å²) < 4.78 is 0.792. The number of hydrogen-bond donors (Lipinski definition) is 1. The van der Waals surface area contributed by atoms with Crippen molar-refractivity contribution in [3.63, 3.8) is 0 Å². The quantitative estimate of drug-likeness (QED) is 0.898. The minimum atomic E-state index is -0.575. The van der Waals surface area contributed by atoms with Crippen molar-refractivity contribution in [2.24, 2.45) is 0 Å². The van der Waals surface area contributed by atoms with Gasteiger partial charge in [0.2, 0.25) is 0 Å². The molecule has 2 nitrogen and oxygen atoms in total. The minimum Gasteiger partial charge on any atom is -0.388 e. The smallest absolute Gasteiger partial charge is 0.0845 e. The Morgan fingerprint density at radius 1 is 1.32 bits per heavy atom. The molecule has 1 aromatic heterocycles. The van der Waals surface area contributed by atoms with Crippen LogP contribution in [-0.2, 0) is 12.8 Å². The van der Waals surface area contributed by atoms with E-state index in [1.54, 1.807) is 6.07 Å². The molecule has 0 amide bonds. The molecule has 0 fully saturated rings. The average molecular weight is 341 g/mol. The number of aryl methyl sites for hydroxylation is 1. The molecule has 0 saturated heterocycles. The number of aliphatic hydroxyl groups is 1. The van der Waals surface area contributed by atoms with Crippen LogP contribution in [-0.4, -0.2) is 10.1 Å². The summed E-state index contributed by atoms with van der Waals surface area (Å²) >= 11 is 9.30. The topological polar surface area (TPSA) is 33.1 Å². The largest absolute Gasteiger partial charge is 0.388 e. The van der Waals surface area contributed by atoms with Crippen molar-refractivity contribution in [1.82, 2.24) is 4.98 Å². The lowest BCUT2D eigenvalue weighted by molar-refractivity contribution is 0.177. The fourth-order valence-corrected chi connectivity index (χ4v) is 2.33. The number of aliphatic hydroxyl groups excluding tert-OH is 1. The zero-order valence-corrected chi connectivity index (χ0v) is 12.9. The Bertz CT molecular complexity index is 557. The van der Waals surface area contributed by atoms with Gasteiger partial charge in [-0.25, -0.2) is 0 Å². The Morgan fingerprint density at radius 3 is 2.68 bits per heavy atom. The van der Waals surface area contributed by atoms with Gasteiger partial charge >= 0.3 is 0 Å². The van der Waals surface area contributed by atoms with Crippen LogP contribution in [0.1, 0.15) is 29.8 Å². The van der Waals surface area contributed by atoms with Crippen molar-refractivity contribution in [2.45, 2.75) is 25.9 Å². The Kier molecular flexibility index (Phi) is 4.97. The third-order valence-electron chi connectivity index (χ3n) is 3.03. The number of hydrogen-bond acceptors (Lipinski definition) is 2. The normalized spacial score (nSPS) is 12.4. The molecule has 19 heavy (non-hydrogen) atoms. The summed E-state index contributed by atoms with van der Waals surface area (Å²) in [6.07, 6.45) is 2.76. The van der Waals surface area contributed by atoms with E-state index in [2.05, 4.69) is 27.8 Å². The highest BCUT2D eigenvalue weighted by atomic mass is 79.9. The van der Waals surface area contributed by atoms with Crippen molar-refractivity contribution in [3.05, 3.63) is 62.8 Å². The van der Waals surface area contributed by atoms with Crippen LogP contribution in [0.4, 0.5) is 0 Å². The van der Waals surface area contributed by atoms with Gasteiger partial charge in [0.05, 0.1) is 11.1 Å². The van der Waals surface area contributed by atoms with Crippen LogP contribution in [0.2, 0.25) is 5.02 Å². The molecule has 0 aliphatic heterocycles. The first-order chi connectivity index (χ1) is 9.10. The molecule has 0 bridgehead atoms. The third-order valence-corrected chi connectivity index (χ3v) is 4.24. The average Bonchev–Trinajstić information content (AvgIpc) is 2.42. The Balaban J connectivity index is 2.10. The van der Waals surface area contributed by atoms with Gasteiger partial charge in [-0.15, -0.1) is 0 Å². The van der Waals surface area contributed by atoms with E-state index < -0.39 is 6.10 Å². The van der Waals surface area contributed by atoms with E-state index in [9.17, 15) is 5.11 Å². The first kappa shape index (κ1) is 14.5. The molecule has 1 aromatic carbocycles. The molecule has 1 unspecified atom stereocenters. The molecule has 1 N–H and O–H groups in total. The first-order valence-electron chi connectivity index (χ1n) is 6.17. The highest BCUT2D eigenvalue weighted by Gasteiger charge is 2.11. The predicted molar refractivity (Wildman–Crippen MR) is 81.4 cm³/mol. The molecule has 1 atom stereocenters. The molecule has 2 aromatic rings. The van der Waals surface area contributed by atoms with Gasteiger partial charge in [0.25, 0.3) is 0 Å². The van der Waals surface area contributed by atoms with Gasteiger partial charge in [0.1, 0.15) is 0 Å². The number of benzene rings is 1. The third kappa shape index (κ3) is 3.78. The first-order valence-corrected chi connectivity index (χ1v) is 7.34. The summed E-state index contributed by atoms with van der Waals surface area (Å²) in [6.45, 7) is 2.09. The number of nitrogens with zero attached hydrogens (tertiary/aromatic N) is 1.